The molecular weight excluding hydrogens is 272 g/mol. The van der Waals surface area contributed by atoms with Gasteiger partial charge in [-0.2, -0.15) is 0 Å². The molecule has 6 nitrogen and oxygen atoms in total. The highest BCUT2D eigenvalue weighted by molar-refractivity contribution is 5.78. The van der Waals surface area contributed by atoms with E-state index in [4.69, 9.17) is 14.2 Å². The maximum absolute atomic E-state index is 11.6. The summed E-state index contributed by atoms with van der Waals surface area (Å²) < 4.78 is 15.9. The third-order valence-electron chi connectivity index (χ3n) is 3.33. The number of hydrogen-bond donors (Lipinski definition) is 2. The van der Waals surface area contributed by atoms with Crippen molar-refractivity contribution >= 4 is 5.91 Å². The number of ether oxygens (including phenoxy) is 3. The molecule has 0 saturated heterocycles. The Bertz CT molecular complexity index is 501. The van der Waals surface area contributed by atoms with Gasteiger partial charge in [-0.25, -0.2) is 0 Å². The zero-order valence-electron chi connectivity index (χ0n) is 12.7. The van der Waals surface area contributed by atoms with Crippen LogP contribution in [0.15, 0.2) is 12.1 Å². The molecule has 0 heterocycles. The van der Waals surface area contributed by atoms with E-state index in [1.807, 2.05) is 6.07 Å². The van der Waals surface area contributed by atoms with Gasteiger partial charge < -0.3 is 24.8 Å². The third kappa shape index (κ3) is 4.26. The molecule has 2 N–H and O–H groups in total. The van der Waals surface area contributed by atoms with Gasteiger partial charge in [0.05, 0.1) is 27.9 Å². The van der Waals surface area contributed by atoms with Crippen LogP contribution in [-0.2, 0) is 11.3 Å². The molecule has 1 saturated carbocycles. The first-order valence-electron chi connectivity index (χ1n) is 6.97. The number of carbonyl (C=O) groups is 1. The monoisotopic (exact) mass is 294 g/mol. The minimum Gasteiger partial charge on any atom is -0.496 e. The summed E-state index contributed by atoms with van der Waals surface area (Å²) in [6.07, 6.45) is 2.19. The molecule has 21 heavy (non-hydrogen) atoms. The van der Waals surface area contributed by atoms with Crippen molar-refractivity contribution in [1.82, 2.24) is 10.6 Å². The van der Waals surface area contributed by atoms with Gasteiger partial charge >= 0.3 is 0 Å². The lowest BCUT2D eigenvalue weighted by molar-refractivity contribution is -0.120. The summed E-state index contributed by atoms with van der Waals surface area (Å²) in [5, 5.41) is 6.04. The van der Waals surface area contributed by atoms with Crippen molar-refractivity contribution in [3.05, 3.63) is 17.7 Å². The van der Waals surface area contributed by atoms with Gasteiger partial charge in [0.25, 0.3) is 0 Å². The van der Waals surface area contributed by atoms with E-state index in [1.54, 1.807) is 27.4 Å². The molecule has 0 aliphatic heterocycles. The van der Waals surface area contributed by atoms with Crippen LogP contribution < -0.4 is 24.8 Å². The van der Waals surface area contributed by atoms with Gasteiger partial charge in [-0.3, -0.25) is 4.79 Å². The molecule has 1 fully saturated rings. The van der Waals surface area contributed by atoms with Gasteiger partial charge in [-0.1, -0.05) is 0 Å². The van der Waals surface area contributed by atoms with Gasteiger partial charge in [0.2, 0.25) is 5.91 Å². The Labute approximate surface area is 124 Å². The number of hydrogen-bond acceptors (Lipinski definition) is 5. The molecule has 0 atom stereocenters. The van der Waals surface area contributed by atoms with Crippen LogP contribution in [0.3, 0.4) is 0 Å². The lowest BCUT2D eigenvalue weighted by atomic mass is 10.1. The summed E-state index contributed by atoms with van der Waals surface area (Å²) in [7, 11) is 4.77. The number of carbonyl (C=O) groups excluding carboxylic acids is 1. The summed E-state index contributed by atoms with van der Waals surface area (Å²) in [5.41, 5.74) is 0.911. The van der Waals surface area contributed by atoms with Crippen LogP contribution in [0.25, 0.3) is 0 Å². The highest BCUT2D eigenvalue weighted by atomic mass is 16.5. The maximum Gasteiger partial charge on any atom is 0.234 e. The lowest BCUT2D eigenvalue weighted by Crippen LogP contribution is -2.34. The average Bonchev–Trinajstić information content (AvgIpc) is 3.30. The smallest absolute Gasteiger partial charge is 0.234 e. The third-order valence-corrected chi connectivity index (χ3v) is 3.33. The zero-order valence-corrected chi connectivity index (χ0v) is 12.7. The molecule has 1 amide bonds. The highest BCUT2D eigenvalue weighted by Gasteiger charge is 2.22. The van der Waals surface area contributed by atoms with Gasteiger partial charge in [0.1, 0.15) is 5.75 Å². The van der Waals surface area contributed by atoms with Crippen molar-refractivity contribution in [2.45, 2.75) is 25.4 Å². The van der Waals surface area contributed by atoms with E-state index >= 15 is 0 Å². The summed E-state index contributed by atoms with van der Waals surface area (Å²) in [6, 6.07) is 4.01. The second-order valence-corrected chi connectivity index (χ2v) is 4.96. The summed E-state index contributed by atoms with van der Waals surface area (Å²) in [5.74, 6) is 1.97. The van der Waals surface area contributed by atoms with Crippen molar-refractivity contribution in [3.8, 4) is 17.2 Å². The van der Waals surface area contributed by atoms with E-state index in [1.165, 1.54) is 0 Å². The summed E-state index contributed by atoms with van der Waals surface area (Å²) in [6.45, 7) is 0.801. The molecule has 2 rings (SSSR count). The Hall–Kier alpha value is -1.95. The Morgan fingerprint density at radius 2 is 1.71 bits per heavy atom. The summed E-state index contributed by atoms with van der Waals surface area (Å²) in [4.78, 5) is 11.6. The topological polar surface area (TPSA) is 68.8 Å². The number of rotatable bonds is 8. The Balaban J connectivity index is 1.95. The van der Waals surface area contributed by atoms with Crippen molar-refractivity contribution in [2.24, 2.45) is 0 Å². The highest BCUT2D eigenvalue weighted by Crippen LogP contribution is 2.34. The van der Waals surface area contributed by atoms with Crippen LogP contribution in [0.4, 0.5) is 0 Å². The number of nitrogens with one attached hydrogen (secondary N) is 2. The van der Waals surface area contributed by atoms with Crippen LogP contribution in [0.1, 0.15) is 18.4 Å². The first kappa shape index (κ1) is 15.4. The number of amides is 1. The molecular formula is C15H22N2O4. The number of methoxy groups -OCH3 is 3. The fourth-order valence-corrected chi connectivity index (χ4v) is 2.05. The lowest BCUT2D eigenvalue weighted by Gasteiger charge is -2.14. The standard InChI is InChI=1S/C15H22N2O4/c1-19-12-7-14(21-3)13(20-2)6-10(12)8-16-9-15(18)17-11-4-5-11/h6-7,11,16H,4-5,8-9H2,1-3H3,(H,17,18). The second-order valence-electron chi connectivity index (χ2n) is 4.96. The van der Waals surface area contributed by atoms with E-state index in [9.17, 15) is 4.79 Å². The van der Waals surface area contributed by atoms with Crippen molar-refractivity contribution in [2.75, 3.05) is 27.9 Å². The van der Waals surface area contributed by atoms with Crippen LogP contribution >= 0.6 is 0 Å². The minimum absolute atomic E-state index is 0.0249. The average molecular weight is 294 g/mol. The van der Waals surface area contributed by atoms with Crippen molar-refractivity contribution in [1.29, 1.82) is 0 Å². The molecule has 0 unspecified atom stereocenters. The molecule has 1 aliphatic rings. The molecule has 6 heteroatoms. The van der Waals surface area contributed by atoms with E-state index in [-0.39, 0.29) is 12.5 Å². The van der Waals surface area contributed by atoms with Gasteiger partial charge in [0, 0.05) is 24.2 Å². The molecule has 0 aromatic heterocycles. The Kier molecular flexibility index (Phi) is 5.27. The van der Waals surface area contributed by atoms with Crippen LogP contribution in [0.5, 0.6) is 17.2 Å². The van der Waals surface area contributed by atoms with E-state index in [0.29, 0.717) is 29.8 Å². The van der Waals surface area contributed by atoms with Crippen molar-refractivity contribution < 1.29 is 19.0 Å². The fraction of sp³-hybridized carbons (Fsp3) is 0.533. The minimum atomic E-state index is 0.0249. The normalized spacial score (nSPS) is 13.7. The Morgan fingerprint density at radius 3 is 2.29 bits per heavy atom. The van der Waals surface area contributed by atoms with Gasteiger partial charge in [-0.05, 0) is 18.9 Å². The first-order chi connectivity index (χ1) is 10.2. The van der Waals surface area contributed by atoms with E-state index in [0.717, 1.165) is 18.4 Å². The predicted octanol–water partition coefficient (Wildman–Crippen LogP) is 1.08. The van der Waals surface area contributed by atoms with E-state index < -0.39 is 0 Å². The molecule has 1 aromatic rings. The summed E-state index contributed by atoms with van der Waals surface area (Å²) >= 11 is 0. The maximum atomic E-state index is 11.6. The molecule has 0 spiro atoms. The van der Waals surface area contributed by atoms with Crippen molar-refractivity contribution in [3.63, 3.8) is 0 Å². The molecule has 0 bridgehead atoms. The van der Waals surface area contributed by atoms with Gasteiger partial charge in [0.15, 0.2) is 11.5 Å². The zero-order chi connectivity index (χ0) is 15.2. The Morgan fingerprint density at radius 1 is 1.10 bits per heavy atom. The quantitative estimate of drug-likeness (QED) is 0.751. The largest absolute Gasteiger partial charge is 0.496 e. The van der Waals surface area contributed by atoms with Crippen LogP contribution in [0, 0.1) is 0 Å². The van der Waals surface area contributed by atoms with Gasteiger partial charge in [-0.15, -0.1) is 0 Å². The second kappa shape index (κ2) is 7.17. The fourth-order valence-electron chi connectivity index (χ4n) is 2.05. The molecule has 116 valence electrons. The van der Waals surface area contributed by atoms with Crippen LogP contribution in [0.2, 0.25) is 0 Å². The first-order valence-corrected chi connectivity index (χ1v) is 6.97. The molecule has 0 radical (unpaired) electrons. The number of benzene rings is 1. The van der Waals surface area contributed by atoms with E-state index in [2.05, 4.69) is 10.6 Å². The van der Waals surface area contributed by atoms with Crippen LogP contribution in [-0.4, -0.2) is 39.8 Å². The SMILES string of the molecule is COc1cc(OC)c(OC)cc1CNCC(=O)NC1CC1. The predicted molar refractivity (Wildman–Crippen MR) is 79.0 cm³/mol. The molecule has 1 aliphatic carbocycles. The molecule has 1 aromatic carbocycles.